The van der Waals surface area contributed by atoms with Gasteiger partial charge in [-0.2, -0.15) is 4.98 Å². The van der Waals surface area contributed by atoms with E-state index in [1.165, 1.54) is 6.20 Å². The first-order chi connectivity index (χ1) is 9.61. The normalized spacial score (nSPS) is 22.3. The summed E-state index contributed by atoms with van der Waals surface area (Å²) in [5.41, 5.74) is -0.158. The number of hydrogen-bond donors (Lipinski definition) is 3. The third-order valence-electron chi connectivity index (χ3n) is 3.59. The first-order valence-corrected chi connectivity index (χ1v) is 6.73. The zero-order chi connectivity index (χ0) is 14.5. The van der Waals surface area contributed by atoms with Gasteiger partial charge in [0.1, 0.15) is 6.20 Å². The molecule has 2 atom stereocenters. The van der Waals surface area contributed by atoms with E-state index in [0.717, 1.165) is 25.7 Å². The van der Waals surface area contributed by atoms with Crippen molar-refractivity contribution in [2.24, 2.45) is 5.92 Å². The van der Waals surface area contributed by atoms with E-state index in [-0.39, 0.29) is 23.5 Å². The fraction of sp³-hybridized carbons (Fsp3) is 0.667. The first-order valence-electron chi connectivity index (χ1n) is 6.73. The standard InChI is InChI=1S/C12H19N5O3/c1-13-12-15-7-9(17(19)20)11(16-12)14-6-8-4-2-3-5-10(8)18/h7-8,10,18H,2-6H2,1H3,(H2,13,14,15,16). The fourth-order valence-corrected chi connectivity index (χ4v) is 2.41. The Morgan fingerprint density at radius 1 is 1.50 bits per heavy atom. The second-order valence-electron chi connectivity index (χ2n) is 4.93. The second-order valence-corrected chi connectivity index (χ2v) is 4.93. The molecule has 1 saturated carbocycles. The highest BCUT2D eigenvalue weighted by Gasteiger charge is 2.24. The van der Waals surface area contributed by atoms with Crippen LogP contribution in [0.15, 0.2) is 6.20 Å². The maximum atomic E-state index is 11.0. The van der Waals surface area contributed by atoms with Crippen LogP contribution in [0.3, 0.4) is 0 Å². The Bertz CT molecular complexity index is 482. The summed E-state index contributed by atoms with van der Waals surface area (Å²) >= 11 is 0. The van der Waals surface area contributed by atoms with Crippen molar-refractivity contribution in [3.63, 3.8) is 0 Å². The SMILES string of the molecule is CNc1ncc([N+](=O)[O-])c(NCC2CCCCC2O)n1. The average molecular weight is 281 g/mol. The summed E-state index contributed by atoms with van der Waals surface area (Å²) in [6.45, 7) is 0.474. The highest BCUT2D eigenvalue weighted by Crippen LogP contribution is 2.27. The molecule has 0 aromatic carbocycles. The number of aromatic nitrogens is 2. The number of rotatable bonds is 5. The Hall–Kier alpha value is -1.96. The van der Waals surface area contributed by atoms with Crippen molar-refractivity contribution < 1.29 is 10.0 Å². The van der Waals surface area contributed by atoms with Crippen LogP contribution in [0.5, 0.6) is 0 Å². The summed E-state index contributed by atoms with van der Waals surface area (Å²) in [5, 5.41) is 26.6. The third kappa shape index (κ3) is 3.32. The van der Waals surface area contributed by atoms with Crippen molar-refractivity contribution in [3.05, 3.63) is 16.3 Å². The lowest BCUT2D eigenvalue weighted by Crippen LogP contribution is -2.30. The summed E-state index contributed by atoms with van der Waals surface area (Å²) in [4.78, 5) is 18.3. The van der Waals surface area contributed by atoms with Crippen LogP contribution >= 0.6 is 0 Å². The van der Waals surface area contributed by atoms with Gasteiger partial charge in [-0.05, 0) is 12.8 Å². The molecule has 8 nitrogen and oxygen atoms in total. The molecule has 2 unspecified atom stereocenters. The molecule has 1 aliphatic rings. The number of nitrogens with one attached hydrogen (secondary N) is 2. The number of aliphatic hydroxyl groups excluding tert-OH is 1. The van der Waals surface area contributed by atoms with Crippen LogP contribution in [0, 0.1) is 16.0 Å². The van der Waals surface area contributed by atoms with Crippen LogP contribution < -0.4 is 10.6 Å². The van der Waals surface area contributed by atoms with Gasteiger partial charge in [0, 0.05) is 19.5 Å². The van der Waals surface area contributed by atoms with E-state index in [1.807, 2.05) is 0 Å². The molecule has 0 spiro atoms. The molecular formula is C12H19N5O3. The summed E-state index contributed by atoms with van der Waals surface area (Å²) < 4.78 is 0. The topological polar surface area (TPSA) is 113 Å². The van der Waals surface area contributed by atoms with Crippen LogP contribution in [0.4, 0.5) is 17.5 Å². The molecule has 110 valence electrons. The Morgan fingerprint density at radius 2 is 2.25 bits per heavy atom. The van der Waals surface area contributed by atoms with E-state index < -0.39 is 4.92 Å². The van der Waals surface area contributed by atoms with Gasteiger partial charge in [-0.15, -0.1) is 0 Å². The van der Waals surface area contributed by atoms with Gasteiger partial charge in [-0.3, -0.25) is 10.1 Å². The summed E-state index contributed by atoms with van der Waals surface area (Å²) in [5.74, 6) is 0.616. The molecule has 2 rings (SSSR count). The van der Waals surface area contributed by atoms with Crippen LogP contribution in [-0.4, -0.2) is 39.7 Å². The summed E-state index contributed by atoms with van der Waals surface area (Å²) in [6, 6.07) is 0. The molecule has 1 aromatic rings. The summed E-state index contributed by atoms with van der Waals surface area (Å²) in [6.07, 6.45) is 4.66. The second kappa shape index (κ2) is 6.47. The van der Waals surface area contributed by atoms with Gasteiger partial charge in [0.15, 0.2) is 0 Å². The molecule has 8 heteroatoms. The third-order valence-corrected chi connectivity index (χ3v) is 3.59. The molecular weight excluding hydrogens is 262 g/mol. The zero-order valence-electron chi connectivity index (χ0n) is 11.4. The molecule has 0 bridgehead atoms. The highest BCUT2D eigenvalue weighted by atomic mass is 16.6. The predicted molar refractivity (Wildman–Crippen MR) is 74.7 cm³/mol. The van der Waals surface area contributed by atoms with Crippen LogP contribution in [-0.2, 0) is 0 Å². The molecule has 0 aliphatic heterocycles. The van der Waals surface area contributed by atoms with Crippen molar-refractivity contribution in [1.82, 2.24) is 9.97 Å². The molecule has 0 saturated heterocycles. The van der Waals surface area contributed by atoms with Crippen molar-refractivity contribution in [2.75, 3.05) is 24.2 Å². The Morgan fingerprint density at radius 3 is 2.90 bits per heavy atom. The molecule has 20 heavy (non-hydrogen) atoms. The summed E-state index contributed by atoms with van der Waals surface area (Å²) in [7, 11) is 1.65. The fourth-order valence-electron chi connectivity index (χ4n) is 2.41. The van der Waals surface area contributed by atoms with Crippen LogP contribution in [0.2, 0.25) is 0 Å². The quantitative estimate of drug-likeness (QED) is 0.552. The van der Waals surface area contributed by atoms with Gasteiger partial charge >= 0.3 is 5.69 Å². The van der Waals surface area contributed by atoms with Gasteiger partial charge in [0.25, 0.3) is 0 Å². The molecule has 1 aliphatic carbocycles. The number of hydrogen-bond acceptors (Lipinski definition) is 7. The number of nitro groups is 1. The minimum Gasteiger partial charge on any atom is -0.393 e. The van der Waals surface area contributed by atoms with E-state index in [0.29, 0.717) is 12.5 Å². The first kappa shape index (κ1) is 14.4. The van der Waals surface area contributed by atoms with Gasteiger partial charge in [0.2, 0.25) is 11.8 Å². The van der Waals surface area contributed by atoms with Gasteiger partial charge in [-0.1, -0.05) is 12.8 Å². The van der Waals surface area contributed by atoms with Gasteiger partial charge in [-0.25, -0.2) is 4.98 Å². The van der Waals surface area contributed by atoms with E-state index in [4.69, 9.17) is 0 Å². The smallest absolute Gasteiger partial charge is 0.329 e. The lowest BCUT2D eigenvalue weighted by atomic mass is 9.86. The minimum atomic E-state index is -0.515. The minimum absolute atomic E-state index is 0.108. The zero-order valence-corrected chi connectivity index (χ0v) is 11.4. The number of nitrogens with zero attached hydrogens (tertiary/aromatic N) is 3. The molecule has 1 fully saturated rings. The maximum Gasteiger partial charge on any atom is 0.329 e. The Labute approximate surface area is 116 Å². The van der Waals surface area contributed by atoms with Crippen molar-refractivity contribution in [1.29, 1.82) is 0 Å². The van der Waals surface area contributed by atoms with E-state index in [2.05, 4.69) is 20.6 Å². The van der Waals surface area contributed by atoms with Crippen LogP contribution in [0.25, 0.3) is 0 Å². The molecule has 1 aromatic heterocycles. The number of aliphatic hydroxyl groups is 1. The monoisotopic (exact) mass is 281 g/mol. The maximum absolute atomic E-state index is 11.0. The van der Waals surface area contributed by atoms with Gasteiger partial charge in [0.05, 0.1) is 11.0 Å². The van der Waals surface area contributed by atoms with E-state index in [1.54, 1.807) is 7.05 Å². The van der Waals surface area contributed by atoms with E-state index >= 15 is 0 Å². The van der Waals surface area contributed by atoms with Crippen LogP contribution in [0.1, 0.15) is 25.7 Å². The Kier molecular flexibility index (Phi) is 4.67. The Balaban J connectivity index is 2.08. The lowest BCUT2D eigenvalue weighted by molar-refractivity contribution is -0.384. The lowest BCUT2D eigenvalue weighted by Gasteiger charge is -2.27. The molecule has 1 heterocycles. The molecule has 0 amide bonds. The molecule has 0 radical (unpaired) electrons. The molecule has 3 N–H and O–H groups in total. The van der Waals surface area contributed by atoms with Gasteiger partial charge < -0.3 is 15.7 Å². The predicted octanol–water partition coefficient (Wildman–Crippen LogP) is 1.39. The van der Waals surface area contributed by atoms with Crippen molar-refractivity contribution in [3.8, 4) is 0 Å². The van der Waals surface area contributed by atoms with Crippen molar-refractivity contribution >= 4 is 17.5 Å². The largest absolute Gasteiger partial charge is 0.393 e. The average Bonchev–Trinajstić information content (AvgIpc) is 2.46. The highest BCUT2D eigenvalue weighted by molar-refractivity contribution is 5.56. The van der Waals surface area contributed by atoms with E-state index in [9.17, 15) is 15.2 Å². The van der Waals surface area contributed by atoms with Crippen molar-refractivity contribution in [2.45, 2.75) is 31.8 Å². The number of anilines is 2.